The molecule has 1 aliphatic heterocycles. The number of likely N-dealkylation sites (N-methyl/N-ethyl adjacent to an activating group) is 1. The van der Waals surface area contributed by atoms with E-state index in [0.717, 1.165) is 32.5 Å². The number of piperazine rings is 1. The molecule has 7 nitrogen and oxygen atoms in total. The van der Waals surface area contributed by atoms with Gasteiger partial charge in [-0.3, -0.25) is 10.1 Å². The number of benzene rings is 1. The van der Waals surface area contributed by atoms with E-state index in [-0.39, 0.29) is 16.3 Å². The van der Waals surface area contributed by atoms with Gasteiger partial charge in [-0.15, -0.1) is 0 Å². The van der Waals surface area contributed by atoms with Crippen molar-refractivity contribution in [3.63, 3.8) is 0 Å². The summed E-state index contributed by atoms with van der Waals surface area (Å²) in [6.07, 6.45) is 1.65. The van der Waals surface area contributed by atoms with Crippen LogP contribution >= 0.6 is 11.6 Å². The molecule has 8 heteroatoms. The molecule has 25 heavy (non-hydrogen) atoms. The van der Waals surface area contributed by atoms with E-state index >= 15 is 0 Å². The van der Waals surface area contributed by atoms with Crippen molar-refractivity contribution in [1.29, 1.82) is 0 Å². The molecule has 0 amide bonds. The second-order valence-corrected chi connectivity index (χ2v) is 6.40. The summed E-state index contributed by atoms with van der Waals surface area (Å²) >= 11 is 6.32. The summed E-state index contributed by atoms with van der Waals surface area (Å²) in [7, 11) is 0. The van der Waals surface area contributed by atoms with Gasteiger partial charge >= 0.3 is 5.97 Å². The number of carbonyl (C=O) groups excluding carboxylic acids is 1. The van der Waals surface area contributed by atoms with E-state index in [0.29, 0.717) is 25.4 Å². The highest BCUT2D eigenvalue weighted by Crippen LogP contribution is 2.37. The van der Waals surface area contributed by atoms with Crippen LogP contribution in [0.15, 0.2) is 12.1 Å². The van der Waals surface area contributed by atoms with Gasteiger partial charge < -0.3 is 14.5 Å². The number of rotatable bonds is 7. The van der Waals surface area contributed by atoms with Gasteiger partial charge in [0.15, 0.2) is 0 Å². The first-order valence-electron chi connectivity index (χ1n) is 8.60. The highest BCUT2D eigenvalue weighted by molar-refractivity contribution is 6.34. The zero-order valence-corrected chi connectivity index (χ0v) is 15.4. The molecule has 1 aromatic rings. The van der Waals surface area contributed by atoms with Crippen LogP contribution in [-0.4, -0.2) is 55.1 Å². The first-order chi connectivity index (χ1) is 12.0. The highest BCUT2D eigenvalue weighted by Gasteiger charge is 2.28. The number of nitro groups is 1. The lowest BCUT2D eigenvalue weighted by Crippen LogP contribution is -2.46. The summed E-state index contributed by atoms with van der Waals surface area (Å²) in [5, 5.41) is 11.7. The third kappa shape index (κ3) is 4.83. The lowest BCUT2D eigenvalue weighted by atomic mass is 10.1. The maximum atomic E-state index is 12.1. The van der Waals surface area contributed by atoms with Crippen molar-refractivity contribution in [2.75, 3.05) is 44.2 Å². The number of nitrogens with zero attached hydrogens (tertiary/aromatic N) is 3. The van der Waals surface area contributed by atoms with Crippen molar-refractivity contribution in [1.82, 2.24) is 4.90 Å². The van der Waals surface area contributed by atoms with Gasteiger partial charge in [0.1, 0.15) is 5.69 Å². The largest absolute Gasteiger partial charge is 0.462 e. The normalized spacial score (nSPS) is 15.2. The van der Waals surface area contributed by atoms with Crippen molar-refractivity contribution in [3.8, 4) is 0 Å². The zero-order chi connectivity index (χ0) is 18.4. The Bertz CT molecular complexity index is 631. The van der Waals surface area contributed by atoms with Crippen molar-refractivity contribution in [2.24, 2.45) is 0 Å². The molecule has 0 N–H and O–H groups in total. The summed E-state index contributed by atoms with van der Waals surface area (Å²) < 4.78 is 5.13. The lowest BCUT2D eigenvalue weighted by Gasteiger charge is -2.35. The van der Waals surface area contributed by atoms with Crippen molar-refractivity contribution in [3.05, 3.63) is 32.8 Å². The minimum absolute atomic E-state index is 0.115. The predicted octanol–water partition coefficient (Wildman–Crippen LogP) is 3.35. The summed E-state index contributed by atoms with van der Waals surface area (Å²) in [6.45, 7) is 8.29. The molecule has 1 saturated heterocycles. The standard InChI is InChI=1S/C17H24ClN3O4/c1-3-5-10-25-17(22)13-11-14(18)16(15(12-13)21(23)24)20-8-6-19(4-2)7-9-20/h11-12H,3-10H2,1-2H3. The van der Waals surface area contributed by atoms with Crippen LogP contribution in [0.4, 0.5) is 11.4 Å². The molecule has 1 aromatic carbocycles. The van der Waals surface area contributed by atoms with E-state index < -0.39 is 10.9 Å². The molecule has 0 aliphatic carbocycles. The Morgan fingerprint density at radius 2 is 1.96 bits per heavy atom. The van der Waals surface area contributed by atoms with Crippen molar-refractivity contribution in [2.45, 2.75) is 26.7 Å². The van der Waals surface area contributed by atoms with Gasteiger partial charge in [0.2, 0.25) is 0 Å². The average Bonchev–Trinajstić information content (AvgIpc) is 2.61. The molecule has 0 bridgehead atoms. The Morgan fingerprint density at radius 3 is 2.52 bits per heavy atom. The van der Waals surface area contributed by atoms with Gasteiger partial charge in [-0.05, 0) is 19.0 Å². The van der Waals surface area contributed by atoms with Crippen LogP contribution < -0.4 is 4.90 Å². The number of nitro benzene ring substituents is 1. The molecule has 0 spiro atoms. The molecule has 0 unspecified atom stereocenters. The minimum Gasteiger partial charge on any atom is -0.462 e. The number of anilines is 1. The predicted molar refractivity (Wildman–Crippen MR) is 97.6 cm³/mol. The molecule has 2 rings (SSSR count). The van der Waals surface area contributed by atoms with E-state index in [4.69, 9.17) is 16.3 Å². The molecule has 1 heterocycles. The summed E-state index contributed by atoms with van der Waals surface area (Å²) in [5.74, 6) is -0.583. The fraction of sp³-hybridized carbons (Fsp3) is 0.588. The van der Waals surface area contributed by atoms with Gasteiger partial charge in [0.05, 0.1) is 22.1 Å². The highest BCUT2D eigenvalue weighted by atomic mass is 35.5. The molecule has 0 radical (unpaired) electrons. The minimum atomic E-state index is -0.583. The van der Waals surface area contributed by atoms with E-state index in [9.17, 15) is 14.9 Å². The van der Waals surface area contributed by atoms with Gasteiger partial charge in [0.25, 0.3) is 5.69 Å². The third-order valence-corrected chi connectivity index (χ3v) is 4.63. The molecule has 0 saturated carbocycles. The third-order valence-electron chi connectivity index (χ3n) is 4.34. The second-order valence-electron chi connectivity index (χ2n) is 5.99. The monoisotopic (exact) mass is 369 g/mol. The summed E-state index contributed by atoms with van der Waals surface area (Å²) in [6, 6.07) is 2.73. The number of ether oxygens (including phenoxy) is 1. The number of esters is 1. The number of carbonyl (C=O) groups is 1. The number of unbranched alkanes of at least 4 members (excludes halogenated alkanes) is 1. The zero-order valence-electron chi connectivity index (χ0n) is 14.7. The van der Waals surface area contributed by atoms with Gasteiger partial charge in [0, 0.05) is 32.2 Å². The Labute approximate surface area is 152 Å². The van der Waals surface area contributed by atoms with Gasteiger partial charge in [-0.2, -0.15) is 0 Å². The van der Waals surface area contributed by atoms with Crippen molar-refractivity contribution < 1.29 is 14.5 Å². The molecule has 0 atom stereocenters. The fourth-order valence-electron chi connectivity index (χ4n) is 2.83. The Hall–Kier alpha value is -1.86. The van der Waals surface area contributed by atoms with E-state index in [1.165, 1.54) is 12.1 Å². The van der Waals surface area contributed by atoms with Crippen molar-refractivity contribution >= 4 is 28.9 Å². The Kier molecular flexibility index (Phi) is 7.01. The lowest BCUT2D eigenvalue weighted by molar-refractivity contribution is -0.384. The molecular weight excluding hydrogens is 346 g/mol. The van der Waals surface area contributed by atoms with E-state index in [1.54, 1.807) is 0 Å². The molecule has 1 fully saturated rings. The Morgan fingerprint density at radius 1 is 1.28 bits per heavy atom. The SMILES string of the molecule is CCCCOC(=O)c1cc(Cl)c(N2CCN(CC)CC2)c([N+](=O)[O-])c1. The Balaban J connectivity index is 2.26. The van der Waals surface area contributed by atoms with E-state index in [2.05, 4.69) is 11.8 Å². The molecule has 0 aromatic heterocycles. The number of hydrogen-bond donors (Lipinski definition) is 0. The first-order valence-corrected chi connectivity index (χ1v) is 8.98. The molecule has 138 valence electrons. The maximum Gasteiger partial charge on any atom is 0.338 e. The summed E-state index contributed by atoms with van der Waals surface area (Å²) in [5.41, 5.74) is 0.344. The van der Waals surface area contributed by atoms with Gasteiger partial charge in [-0.1, -0.05) is 31.9 Å². The topological polar surface area (TPSA) is 75.9 Å². The molecular formula is C17H24ClN3O4. The first kappa shape index (κ1) is 19.5. The van der Waals surface area contributed by atoms with Crippen LogP contribution in [0.5, 0.6) is 0 Å². The second kappa shape index (κ2) is 9.01. The van der Waals surface area contributed by atoms with Gasteiger partial charge in [-0.25, -0.2) is 4.79 Å². The maximum absolute atomic E-state index is 12.1. The average molecular weight is 370 g/mol. The van der Waals surface area contributed by atoms with Crippen LogP contribution in [-0.2, 0) is 4.74 Å². The molecule has 1 aliphatic rings. The van der Waals surface area contributed by atoms with Crippen LogP contribution in [0.2, 0.25) is 5.02 Å². The smallest absolute Gasteiger partial charge is 0.338 e. The summed E-state index contributed by atoms with van der Waals surface area (Å²) in [4.78, 5) is 27.3. The van der Waals surface area contributed by atoms with Crippen LogP contribution in [0.1, 0.15) is 37.0 Å². The number of hydrogen-bond acceptors (Lipinski definition) is 6. The quantitative estimate of drug-likeness (QED) is 0.317. The van der Waals surface area contributed by atoms with E-state index in [1.807, 2.05) is 11.8 Å². The van der Waals surface area contributed by atoms with Crippen LogP contribution in [0.3, 0.4) is 0 Å². The number of halogens is 1. The van der Waals surface area contributed by atoms with Crippen LogP contribution in [0.25, 0.3) is 0 Å². The van der Waals surface area contributed by atoms with Crippen LogP contribution in [0, 0.1) is 10.1 Å². The fourth-order valence-corrected chi connectivity index (χ4v) is 3.17.